The van der Waals surface area contributed by atoms with Crippen molar-refractivity contribution in [2.45, 2.75) is 13.0 Å². The van der Waals surface area contributed by atoms with Gasteiger partial charge in [-0.05, 0) is 31.7 Å². The number of benzene rings is 1. The Hall–Kier alpha value is -1.81. The Morgan fingerprint density at radius 2 is 2.00 bits per heavy atom. The summed E-state index contributed by atoms with van der Waals surface area (Å²) in [6.07, 6.45) is 2.85. The summed E-state index contributed by atoms with van der Waals surface area (Å²) in [5.41, 5.74) is 1.23. The van der Waals surface area contributed by atoms with Crippen LogP contribution in [0.3, 0.4) is 0 Å². The Labute approximate surface area is 114 Å². The molecule has 0 aliphatic carbocycles. The van der Waals surface area contributed by atoms with Crippen LogP contribution >= 0.6 is 0 Å². The lowest BCUT2D eigenvalue weighted by Gasteiger charge is -2.16. The van der Waals surface area contributed by atoms with E-state index in [0.717, 1.165) is 31.9 Å². The van der Waals surface area contributed by atoms with Gasteiger partial charge in [0.2, 0.25) is 0 Å². The van der Waals surface area contributed by atoms with E-state index < -0.39 is 0 Å². The zero-order chi connectivity index (χ0) is 13.5. The molecule has 0 spiro atoms. The second kappa shape index (κ2) is 6.95. The molecule has 19 heavy (non-hydrogen) atoms. The summed E-state index contributed by atoms with van der Waals surface area (Å²) in [5.74, 6) is 0.941. The zero-order valence-electron chi connectivity index (χ0n) is 11.6. The summed E-state index contributed by atoms with van der Waals surface area (Å²) < 4.78 is 7.58. The molecule has 2 aromatic rings. The number of ether oxygens (including phenoxy) is 1. The van der Waals surface area contributed by atoms with Crippen molar-refractivity contribution < 1.29 is 4.74 Å². The number of para-hydroxylation sites is 1. The van der Waals surface area contributed by atoms with E-state index in [4.69, 9.17) is 4.74 Å². The van der Waals surface area contributed by atoms with Crippen molar-refractivity contribution in [2.24, 2.45) is 7.05 Å². The van der Waals surface area contributed by atoms with E-state index >= 15 is 0 Å². The normalized spacial score (nSPS) is 10.9. The minimum Gasteiger partial charge on any atom is -0.494 e. The fourth-order valence-electron chi connectivity index (χ4n) is 1.95. The Balaban J connectivity index is 1.64. The molecule has 0 unspecified atom stereocenters. The fourth-order valence-corrected chi connectivity index (χ4v) is 1.95. The highest BCUT2D eigenvalue weighted by atomic mass is 16.5. The molecule has 0 amide bonds. The predicted octanol–water partition coefficient (Wildman–Crippen LogP) is 2.32. The molecule has 0 fully saturated rings. The molecule has 0 atom stereocenters. The van der Waals surface area contributed by atoms with Crippen LogP contribution in [-0.4, -0.2) is 34.9 Å². The Bertz CT molecular complexity index is 481. The summed E-state index contributed by atoms with van der Waals surface area (Å²) >= 11 is 0. The van der Waals surface area contributed by atoms with Crippen LogP contribution in [0.1, 0.15) is 12.1 Å². The fraction of sp³-hybridized carbons (Fsp3) is 0.400. The first-order valence-electron chi connectivity index (χ1n) is 6.59. The minimum atomic E-state index is 0.750. The highest BCUT2D eigenvalue weighted by molar-refractivity contribution is 5.20. The molecule has 0 saturated carbocycles. The first-order valence-corrected chi connectivity index (χ1v) is 6.59. The largest absolute Gasteiger partial charge is 0.494 e. The van der Waals surface area contributed by atoms with Crippen molar-refractivity contribution in [3.05, 3.63) is 48.3 Å². The van der Waals surface area contributed by atoms with Gasteiger partial charge in [0.05, 0.1) is 12.3 Å². The smallest absolute Gasteiger partial charge is 0.119 e. The maximum atomic E-state index is 5.67. The number of nitrogens with zero attached hydrogens (tertiary/aromatic N) is 3. The van der Waals surface area contributed by atoms with Crippen molar-refractivity contribution in [3.63, 3.8) is 0 Å². The Morgan fingerprint density at radius 1 is 1.21 bits per heavy atom. The van der Waals surface area contributed by atoms with Gasteiger partial charge in [-0.2, -0.15) is 5.10 Å². The number of aromatic nitrogens is 2. The van der Waals surface area contributed by atoms with Crippen LogP contribution in [0.2, 0.25) is 0 Å². The van der Waals surface area contributed by atoms with Gasteiger partial charge in [0, 0.05) is 26.3 Å². The molecule has 4 nitrogen and oxygen atoms in total. The maximum absolute atomic E-state index is 5.67. The van der Waals surface area contributed by atoms with Crippen LogP contribution < -0.4 is 4.74 Å². The first kappa shape index (κ1) is 13.6. The molecule has 0 radical (unpaired) electrons. The van der Waals surface area contributed by atoms with Crippen LogP contribution in [-0.2, 0) is 13.6 Å². The van der Waals surface area contributed by atoms with Crippen LogP contribution in [0.4, 0.5) is 0 Å². The van der Waals surface area contributed by atoms with Crippen molar-refractivity contribution in [2.75, 3.05) is 20.2 Å². The van der Waals surface area contributed by atoms with Gasteiger partial charge < -0.3 is 9.64 Å². The lowest BCUT2D eigenvalue weighted by molar-refractivity contribution is 0.255. The van der Waals surface area contributed by atoms with Gasteiger partial charge in [-0.3, -0.25) is 4.68 Å². The van der Waals surface area contributed by atoms with Gasteiger partial charge in [0.25, 0.3) is 0 Å². The minimum absolute atomic E-state index is 0.750. The predicted molar refractivity (Wildman–Crippen MR) is 76.1 cm³/mol. The number of rotatable bonds is 7. The van der Waals surface area contributed by atoms with Gasteiger partial charge in [0.15, 0.2) is 0 Å². The SMILES string of the molecule is CN(CCCOc1ccccc1)Cc1ccnn1C. The Kier molecular flexibility index (Phi) is 4.98. The molecule has 102 valence electrons. The highest BCUT2D eigenvalue weighted by Crippen LogP contribution is 2.08. The summed E-state index contributed by atoms with van der Waals surface area (Å²) in [7, 11) is 4.09. The molecule has 0 bridgehead atoms. The third-order valence-electron chi connectivity index (χ3n) is 3.05. The van der Waals surface area contributed by atoms with Crippen LogP contribution in [0.15, 0.2) is 42.6 Å². The molecule has 4 heteroatoms. The molecule has 0 N–H and O–H groups in total. The highest BCUT2D eigenvalue weighted by Gasteiger charge is 2.03. The second-order valence-electron chi connectivity index (χ2n) is 4.70. The van der Waals surface area contributed by atoms with Gasteiger partial charge in [0.1, 0.15) is 5.75 Å². The molecule has 1 heterocycles. The third kappa shape index (κ3) is 4.41. The molecule has 0 aliphatic rings. The van der Waals surface area contributed by atoms with E-state index in [-0.39, 0.29) is 0 Å². The quantitative estimate of drug-likeness (QED) is 0.715. The van der Waals surface area contributed by atoms with Gasteiger partial charge in [-0.1, -0.05) is 18.2 Å². The van der Waals surface area contributed by atoms with E-state index in [0.29, 0.717) is 0 Å². The summed E-state index contributed by atoms with van der Waals surface area (Å²) in [5, 5.41) is 4.17. The number of aryl methyl sites for hydroxylation is 1. The van der Waals surface area contributed by atoms with Gasteiger partial charge >= 0.3 is 0 Å². The summed E-state index contributed by atoms with van der Waals surface area (Å²) in [4.78, 5) is 2.28. The van der Waals surface area contributed by atoms with Gasteiger partial charge in [-0.15, -0.1) is 0 Å². The van der Waals surface area contributed by atoms with E-state index in [1.54, 1.807) is 0 Å². The van der Waals surface area contributed by atoms with E-state index in [1.165, 1.54) is 5.69 Å². The lowest BCUT2D eigenvalue weighted by atomic mass is 10.3. The molecule has 0 aliphatic heterocycles. The molecule has 2 rings (SSSR count). The van der Waals surface area contributed by atoms with Crippen LogP contribution in [0.5, 0.6) is 5.75 Å². The van der Waals surface area contributed by atoms with Crippen LogP contribution in [0, 0.1) is 0 Å². The Morgan fingerprint density at radius 3 is 2.68 bits per heavy atom. The average molecular weight is 259 g/mol. The number of hydrogen-bond acceptors (Lipinski definition) is 3. The molecular weight excluding hydrogens is 238 g/mol. The van der Waals surface area contributed by atoms with Crippen molar-refractivity contribution >= 4 is 0 Å². The van der Waals surface area contributed by atoms with E-state index in [9.17, 15) is 0 Å². The first-order chi connectivity index (χ1) is 9.25. The topological polar surface area (TPSA) is 30.3 Å². The van der Waals surface area contributed by atoms with Crippen molar-refractivity contribution in [1.29, 1.82) is 0 Å². The second-order valence-corrected chi connectivity index (χ2v) is 4.70. The van der Waals surface area contributed by atoms with Gasteiger partial charge in [-0.25, -0.2) is 0 Å². The summed E-state index contributed by atoms with van der Waals surface area (Å²) in [6.45, 7) is 2.68. The molecule has 1 aromatic carbocycles. The van der Waals surface area contributed by atoms with E-state index in [2.05, 4.69) is 23.1 Å². The zero-order valence-corrected chi connectivity index (χ0v) is 11.6. The standard InChI is InChI=1S/C15H21N3O/c1-17(13-14-9-10-16-18(14)2)11-6-12-19-15-7-4-3-5-8-15/h3-5,7-10H,6,11-13H2,1-2H3. The monoisotopic (exact) mass is 259 g/mol. The molecular formula is C15H21N3O. The van der Waals surface area contributed by atoms with Crippen molar-refractivity contribution in [3.8, 4) is 5.75 Å². The molecule has 0 saturated heterocycles. The lowest BCUT2D eigenvalue weighted by Crippen LogP contribution is -2.22. The number of hydrogen-bond donors (Lipinski definition) is 0. The third-order valence-corrected chi connectivity index (χ3v) is 3.05. The maximum Gasteiger partial charge on any atom is 0.119 e. The van der Waals surface area contributed by atoms with Crippen molar-refractivity contribution in [1.82, 2.24) is 14.7 Å². The van der Waals surface area contributed by atoms with Crippen LogP contribution in [0.25, 0.3) is 0 Å². The molecule has 1 aromatic heterocycles. The summed E-state index contributed by atoms with van der Waals surface area (Å²) in [6, 6.07) is 12.0. The van der Waals surface area contributed by atoms with E-state index in [1.807, 2.05) is 48.3 Å². The average Bonchev–Trinajstić information content (AvgIpc) is 2.82.